The van der Waals surface area contributed by atoms with E-state index in [1.807, 2.05) is 29.5 Å². The van der Waals surface area contributed by atoms with E-state index in [1.54, 1.807) is 0 Å². The summed E-state index contributed by atoms with van der Waals surface area (Å²) in [4.78, 5) is 14.6. The van der Waals surface area contributed by atoms with Crippen LogP contribution in [-0.4, -0.2) is 36.3 Å². The van der Waals surface area contributed by atoms with Crippen LogP contribution >= 0.6 is 11.3 Å². The van der Waals surface area contributed by atoms with E-state index < -0.39 is 21.3 Å². The molecule has 0 aliphatic heterocycles. The number of pyridine rings is 3. The van der Waals surface area contributed by atoms with Crippen LogP contribution in [0.5, 0.6) is 0 Å². The van der Waals surface area contributed by atoms with Crippen molar-refractivity contribution < 1.29 is 24.5 Å². The molecule has 1 atom stereocenters. The van der Waals surface area contributed by atoms with E-state index in [0.29, 0.717) is 5.71 Å². The topological polar surface area (TPSA) is 51.8 Å². The zero-order chi connectivity index (χ0) is 39.7. The van der Waals surface area contributed by atoms with Gasteiger partial charge in [-0.3, -0.25) is 0 Å². The first-order valence-electron chi connectivity index (χ1n) is 20.2. The molecule has 0 saturated heterocycles. The Morgan fingerprint density at radius 2 is 1.33 bits per heavy atom. The standard InChI is InChI=1S/C30H31GeN2O.C20H18NSSi.Ir/c1-5-31(6-2,7-3)23-16-18-28(32-20-23)26-15-11-14-24-25-17-19-27(33-30(25)34-29(24)26)21(4)22-12-9-8-10-13-22;1-23(2,3)14-11-12-18(21-13-14)17-9-6-8-16-15-7-4-5-10-19(15)22-20(16)17;/h8-14,16-21H,5-7H2,1-4H3;4-8,10-13H,1-3H3;/q2*-1;. The molecule has 4 nitrogen and oxygen atoms in total. The molecule has 58 heavy (non-hydrogen) atoms. The van der Waals surface area contributed by atoms with Gasteiger partial charge >= 0.3 is 175 Å². The molecule has 0 aliphatic rings. The van der Waals surface area contributed by atoms with E-state index >= 15 is 0 Å². The van der Waals surface area contributed by atoms with Crippen molar-refractivity contribution in [1.82, 2.24) is 15.0 Å². The minimum atomic E-state index is -2.02. The normalized spacial score (nSPS) is 12.4. The van der Waals surface area contributed by atoms with E-state index in [0.717, 1.165) is 44.6 Å². The number of furan rings is 1. The quantitative estimate of drug-likeness (QED) is 0.107. The van der Waals surface area contributed by atoms with Crippen LogP contribution in [-0.2, 0) is 20.1 Å². The van der Waals surface area contributed by atoms with Crippen LogP contribution in [0.2, 0.25) is 35.4 Å². The second-order valence-electron chi connectivity index (χ2n) is 16.1. The Labute approximate surface area is 363 Å². The molecule has 0 fully saturated rings. The first-order chi connectivity index (χ1) is 27.6. The van der Waals surface area contributed by atoms with Crippen LogP contribution in [0.1, 0.15) is 44.9 Å². The van der Waals surface area contributed by atoms with Crippen molar-refractivity contribution in [1.29, 1.82) is 0 Å². The van der Waals surface area contributed by atoms with E-state index in [4.69, 9.17) is 19.4 Å². The van der Waals surface area contributed by atoms with Crippen molar-refractivity contribution in [2.45, 2.75) is 69.0 Å². The minimum absolute atomic E-state index is 0. The Kier molecular flexibility index (Phi) is 12.7. The van der Waals surface area contributed by atoms with Gasteiger partial charge in [-0.2, -0.15) is 11.3 Å². The Hall–Kier alpha value is -4.24. The number of rotatable bonds is 9. The molecule has 0 N–H and O–H groups in total. The maximum absolute atomic E-state index is 6.36. The van der Waals surface area contributed by atoms with Gasteiger partial charge in [0.1, 0.15) is 0 Å². The number of aromatic nitrogens is 3. The van der Waals surface area contributed by atoms with Crippen molar-refractivity contribution in [2.24, 2.45) is 0 Å². The second-order valence-corrected chi connectivity index (χ2v) is 33.2. The third kappa shape index (κ3) is 8.04. The molecule has 0 bridgehead atoms. The van der Waals surface area contributed by atoms with Crippen LogP contribution in [0, 0.1) is 12.1 Å². The van der Waals surface area contributed by atoms with Crippen molar-refractivity contribution in [3.63, 3.8) is 0 Å². The van der Waals surface area contributed by atoms with Crippen molar-refractivity contribution in [3.8, 4) is 22.5 Å². The molecular weight excluding hydrogens is 984 g/mol. The van der Waals surface area contributed by atoms with Gasteiger partial charge in [-0.1, -0.05) is 85.7 Å². The van der Waals surface area contributed by atoms with E-state index in [-0.39, 0.29) is 26.0 Å². The number of nitrogens with zero attached hydrogens (tertiary/aromatic N) is 3. The van der Waals surface area contributed by atoms with Gasteiger partial charge in [-0.15, -0.1) is 23.8 Å². The molecule has 1 radical (unpaired) electrons. The molecular formula is C50H49GeIrN3OSSi-2. The maximum atomic E-state index is 6.36. The predicted molar refractivity (Wildman–Crippen MR) is 249 cm³/mol. The van der Waals surface area contributed by atoms with Gasteiger partial charge in [0.05, 0.1) is 8.07 Å². The molecule has 1 unspecified atom stereocenters. The Balaban J connectivity index is 0.000000186. The fourth-order valence-electron chi connectivity index (χ4n) is 8.06. The first kappa shape index (κ1) is 41.9. The Bertz CT molecular complexity index is 2800. The molecule has 9 aromatic rings. The SMILES string of the molecule is C[CH2][Ge]([CH2]C)([CH2]C)[c]1ccc(-c2[c-]ccc3c2oc2nc(C(C)c4ccccc4)ccc23)nc1.C[Si](C)(C)c1ccc(-c2[c-]ccc3c2sc2ccccc23)nc1.[Ir]. The van der Waals surface area contributed by atoms with Crippen molar-refractivity contribution >= 4 is 84.5 Å². The van der Waals surface area contributed by atoms with E-state index in [2.05, 4.69) is 169 Å². The summed E-state index contributed by atoms with van der Waals surface area (Å²) in [6.45, 7) is 16.3. The van der Waals surface area contributed by atoms with Crippen LogP contribution in [0.25, 0.3) is 64.8 Å². The summed E-state index contributed by atoms with van der Waals surface area (Å²) in [6.07, 6.45) is 4.18. The minimum Gasteiger partial charge on any atom is -0.305 e. The van der Waals surface area contributed by atoms with E-state index in [9.17, 15) is 0 Å². The summed E-state index contributed by atoms with van der Waals surface area (Å²) < 4.78 is 10.5. The second kappa shape index (κ2) is 17.5. The zero-order valence-corrected chi connectivity index (χ0v) is 40.6. The number of hydrogen-bond acceptors (Lipinski definition) is 5. The summed E-state index contributed by atoms with van der Waals surface area (Å²) in [7, 11) is -1.31. The maximum Gasteiger partial charge on any atom is 0.0795 e. The predicted octanol–water partition coefficient (Wildman–Crippen LogP) is 13.2. The summed E-state index contributed by atoms with van der Waals surface area (Å²) in [5.41, 5.74) is 7.68. The smallest absolute Gasteiger partial charge is 0.0795 e. The molecule has 0 amide bonds. The molecule has 0 spiro atoms. The largest absolute Gasteiger partial charge is 0.305 e. The number of fused-ring (bicyclic) bond motifs is 6. The number of benzene rings is 4. The summed E-state index contributed by atoms with van der Waals surface area (Å²) >= 11 is -0.192. The van der Waals surface area contributed by atoms with Crippen LogP contribution < -0.4 is 9.58 Å². The fourth-order valence-corrected chi connectivity index (χ4v) is 17.7. The van der Waals surface area contributed by atoms with Crippen molar-refractivity contribution in [2.75, 3.05) is 0 Å². The van der Waals surface area contributed by atoms with Crippen LogP contribution in [0.4, 0.5) is 0 Å². The first-order valence-corrected chi connectivity index (χ1v) is 30.0. The Morgan fingerprint density at radius 3 is 2.00 bits per heavy atom. The van der Waals surface area contributed by atoms with Gasteiger partial charge in [-0.05, 0) is 27.0 Å². The molecule has 5 aromatic heterocycles. The van der Waals surface area contributed by atoms with Crippen LogP contribution in [0.15, 0.2) is 132 Å². The average molecular weight is 1030 g/mol. The van der Waals surface area contributed by atoms with Gasteiger partial charge in [0.2, 0.25) is 0 Å². The monoisotopic (exact) mass is 1030 g/mol. The molecule has 4 aromatic carbocycles. The van der Waals surface area contributed by atoms with E-state index in [1.165, 1.54) is 51.1 Å². The third-order valence-electron chi connectivity index (χ3n) is 11.9. The van der Waals surface area contributed by atoms with Crippen LogP contribution in [0.3, 0.4) is 0 Å². The molecule has 0 saturated carbocycles. The molecule has 9 rings (SSSR count). The van der Waals surface area contributed by atoms with Gasteiger partial charge in [-0.25, -0.2) is 0 Å². The molecule has 8 heteroatoms. The van der Waals surface area contributed by atoms with Gasteiger partial charge < -0.3 is 4.98 Å². The van der Waals surface area contributed by atoms with Gasteiger partial charge in [0.25, 0.3) is 0 Å². The molecule has 295 valence electrons. The fraction of sp³-hybridized carbons (Fsp3) is 0.220. The number of hydrogen-bond donors (Lipinski definition) is 0. The molecule has 5 heterocycles. The zero-order valence-electron chi connectivity index (χ0n) is 34.3. The van der Waals surface area contributed by atoms with Gasteiger partial charge in [0, 0.05) is 31.0 Å². The Morgan fingerprint density at radius 1 is 0.672 bits per heavy atom. The third-order valence-corrected chi connectivity index (χ3v) is 26.9. The number of thiophene rings is 1. The average Bonchev–Trinajstić information content (AvgIpc) is 3.83. The summed E-state index contributed by atoms with van der Waals surface area (Å²) in [6, 6.07) is 47.2. The summed E-state index contributed by atoms with van der Waals surface area (Å²) in [5, 5.41) is 10.0. The van der Waals surface area contributed by atoms with Crippen molar-refractivity contribution in [3.05, 3.63) is 151 Å². The van der Waals surface area contributed by atoms with Gasteiger partial charge in [0.15, 0.2) is 0 Å². The molecule has 0 aliphatic carbocycles. The summed E-state index contributed by atoms with van der Waals surface area (Å²) in [5.74, 6) is 0.195.